The molecule has 2 atom stereocenters. The largest absolute Gasteiger partial charge is 0.312 e. The molecule has 1 saturated heterocycles. The molecule has 1 aromatic carbocycles. The molecule has 0 bridgehead atoms. The maximum atomic E-state index is 13.3. The number of nitrogens with zero attached hydrogens (tertiary/aromatic N) is 2. The zero-order valence-corrected chi connectivity index (χ0v) is 23.0. The van der Waals surface area contributed by atoms with Crippen LogP contribution in [0.3, 0.4) is 0 Å². The van der Waals surface area contributed by atoms with E-state index in [1.54, 1.807) is 4.31 Å². The van der Waals surface area contributed by atoms with Crippen LogP contribution in [0, 0.1) is 6.92 Å². The van der Waals surface area contributed by atoms with Gasteiger partial charge in [0.25, 0.3) is 0 Å². The van der Waals surface area contributed by atoms with Crippen LogP contribution in [-0.4, -0.2) is 62.9 Å². The second-order valence-corrected chi connectivity index (χ2v) is 12.9. The van der Waals surface area contributed by atoms with Crippen LogP contribution in [0.25, 0.3) is 0 Å². The summed E-state index contributed by atoms with van der Waals surface area (Å²) >= 11 is 0. The molecule has 1 aliphatic heterocycles. The van der Waals surface area contributed by atoms with Gasteiger partial charge in [-0.15, -0.1) is 0 Å². The first-order valence-electron chi connectivity index (χ1n) is 13.8. The molecule has 1 aromatic rings. The van der Waals surface area contributed by atoms with Gasteiger partial charge in [0.05, 0.1) is 4.90 Å². The Bertz CT molecular complexity index is 843. The van der Waals surface area contributed by atoms with E-state index in [2.05, 4.69) is 30.1 Å². The van der Waals surface area contributed by atoms with Gasteiger partial charge in [0.2, 0.25) is 10.0 Å². The molecule has 34 heavy (non-hydrogen) atoms. The summed E-state index contributed by atoms with van der Waals surface area (Å²) in [5, 5.41) is 3.84. The van der Waals surface area contributed by atoms with Crippen molar-refractivity contribution in [1.29, 1.82) is 0 Å². The van der Waals surface area contributed by atoms with Crippen LogP contribution in [0.2, 0.25) is 0 Å². The molecule has 0 radical (unpaired) electrons. The molecule has 1 N–H and O–H groups in total. The van der Waals surface area contributed by atoms with Crippen LogP contribution in [0.1, 0.15) is 102 Å². The summed E-state index contributed by atoms with van der Waals surface area (Å²) in [7, 11) is -1.37. The van der Waals surface area contributed by atoms with Crippen LogP contribution in [0.15, 0.2) is 23.1 Å². The Balaban J connectivity index is 1.41. The highest BCUT2D eigenvalue weighted by molar-refractivity contribution is 7.89. The second kappa shape index (κ2) is 13.4. The molecule has 2 fully saturated rings. The zero-order valence-electron chi connectivity index (χ0n) is 22.2. The Hall–Kier alpha value is -0.950. The third-order valence-corrected chi connectivity index (χ3v) is 10.1. The Labute approximate surface area is 209 Å². The smallest absolute Gasteiger partial charge is 0.243 e. The normalized spacial score (nSPS) is 20.9. The fourth-order valence-corrected chi connectivity index (χ4v) is 7.23. The van der Waals surface area contributed by atoms with Crippen molar-refractivity contribution in [2.75, 3.05) is 33.2 Å². The van der Waals surface area contributed by atoms with E-state index in [0.717, 1.165) is 36.7 Å². The number of benzene rings is 1. The van der Waals surface area contributed by atoms with Crippen LogP contribution in [0.4, 0.5) is 0 Å². The molecule has 0 amide bonds. The molecule has 0 spiro atoms. The molecule has 0 aromatic heterocycles. The van der Waals surface area contributed by atoms with E-state index in [4.69, 9.17) is 0 Å². The van der Waals surface area contributed by atoms with E-state index in [-0.39, 0.29) is 0 Å². The average molecular weight is 492 g/mol. The number of sulfonamides is 1. The third-order valence-electron chi connectivity index (χ3n) is 8.01. The number of aryl methyl sites for hydroxylation is 1. The minimum absolute atomic E-state index is 0.383. The molecular weight excluding hydrogens is 442 g/mol. The van der Waals surface area contributed by atoms with E-state index in [9.17, 15) is 8.42 Å². The topological polar surface area (TPSA) is 52.7 Å². The maximum Gasteiger partial charge on any atom is 0.243 e. The molecule has 1 aliphatic carbocycles. The predicted octanol–water partition coefficient (Wildman–Crippen LogP) is 5.69. The lowest BCUT2D eigenvalue weighted by molar-refractivity contribution is 0.222. The number of piperazine rings is 1. The van der Waals surface area contributed by atoms with Crippen LogP contribution >= 0.6 is 0 Å². The lowest BCUT2D eigenvalue weighted by Crippen LogP contribution is -2.47. The van der Waals surface area contributed by atoms with Gasteiger partial charge in [-0.25, -0.2) is 8.42 Å². The van der Waals surface area contributed by atoms with Crippen molar-refractivity contribution in [1.82, 2.24) is 14.5 Å². The van der Waals surface area contributed by atoms with Crippen molar-refractivity contribution in [3.63, 3.8) is 0 Å². The van der Waals surface area contributed by atoms with Crippen molar-refractivity contribution in [2.24, 2.45) is 0 Å². The summed E-state index contributed by atoms with van der Waals surface area (Å²) in [4.78, 5) is 2.69. The molecule has 5 nitrogen and oxygen atoms in total. The first-order valence-corrected chi connectivity index (χ1v) is 15.3. The molecule has 2 aliphatic rings. The molecule has 1 saturated carbocycles. The van der Waals surface area contributed by atoms with Gasteiger partial charge in [-0.05, 0) is 69.7 Å². The van der Waals surface area contributed by atoms with E-state index in [0.29, 0.717) is 29.9 Å². The summed E-state index contributed by atoms with van der Waals surface area (Å²) in [6, 6.07) is 7.46. The quantitative estimate of drug-likeness (QED) is 0.382. The highest BCUT2D eigenvalue weighted by atomic mass is 32.2. The van der Waals surface area contributed by atoms with E-state index in [1.807, 2.05) is 26.1 Å². The van der Waals surface area contributed by atoms with E-state index >= 15 is 0 Å². The Morgan fingerprint density at radius 2 is 1.59 bits per heavy atom. The zero-order chi connectivity index (χ0) is 24.6. The van der Waals surface area contributed by atoms with Gasteiger partial charge >= 0.3 is 0 Å². The van der Waals surface area contributed by atoms with Gasteiger partial charge in [0.15, 0.2) is 0 Å². The number of rotatable bonds is 12. The van der Waals surface area contributed by atoms with Crippen molar-refractivity contribution >= 4 is 10.0 Å². The highest BCUT2D eigenvalue weighted by Crippen LogP contribution is 2.28. The first kappa shape index (κ1) is 27.6. The fourth-order valence-electron chi connectivity index (χ4n) is 5.54. The minimum atomic E-state index is -3.42. The summed E-state index contributed by atoms with van der Waals surface area (Å²) in [6.45, 7) is 9.25. The Morgan fingerprint density at radius 3 is 2.26 bits per heavy atom. The molecule has 3 rings (SSSR count). The van der Waals surface area contributed by atoms with Crippen LogP contribution in [-0.2, 0) is 10.0 Å². The Kier molecular flexibility index (Phi) is 10.9. The summed E-state index contributed by atoms with van der Waals surface area (Å²) in [5.74, 6) is 0.383. The van der Waals surface area contributed by atoms with Gasteiger partial charge in [-0.1, -0.05) is 64.0 Å². The second-order valence-electron chi connectivity index (χ2n) is 11.0. The van der Waals surface area contributed by atoms with Crippen molar-refractivity contribution in [2.45, 2.75) is 114 Å². The predicted molar refractivity (Wildman–Crippen MR) is 143 cm³/mol. The molecule has 2 unspecified atom stereocenters. The fraction of sp³-hybridized carbons (Fsp3) is 0.786. The summed E-state index contributed by atoms with van der Waals surface area (Å²) in [5.41, 5.74) is 2.01. The van der Waals surface area contributed by atoms with E-state index in [1.165, 1.54) is 64.2 Å². The summed E-state index contributed by atoms with van der Waals surface area (Å²) < 4.78 is 28.3. The van der Waals surface area contributed by atoms with Gasteiger partial charge in [0.1, 0.15) is 0 Å². The van der Waals surface area contributed by atoms with Crippen LogP contribution < -0.4 is 5.32 Å². The van der Waals surface area contributed by atoms with Crippen LogP contribution in [0.5, 0.6) is 0 Å². The van der Waals surface area contributed by atoms with Gasteiger partial charge < -0.3 is 10.2 Å². The number of likely N-dealkylation sites (N-methyl/N-ethyl adjacent to an activating group) is 1. The number of nitrogens with one attached hydrogen (secondary N) is 1. The minimum Gasteiger partial charge on any atom is -0.312 e. The number of unbranched alkanes of at least 4 members (excludes halogenated alkanes) is 3. The molecule has 1 heterocycles. The lowest BCUT2D eigenvalue weighted by atomic mass is 9.93. The average Bonchev–Trinajstić information content (AvgIpc) is 2.82. The number of hydrogen-bond donors (Lipinski definition) is 1. The van der Waals surface area contributed by atoms with Crippen molar-refractivity contribution < 1.29 is 8.42 Å². The van der Waals surface area contributed by atoms with Gasteiger partial charge in [-0.2, -0.15) is 4.31 Å². The van der Waals surface area contributed by atoms with Gasteiger partial charge in [0, 0.05) is 38.3 Å². The maximum absolute atomic E-state index is 13.3. The Morgan fingerprint density at radius 1 is 0.941 bits per heavy atom. The summed E-state index contributed by atoms with van der Waals surface area (Å²) in [6.07, 6.45) is 14.4. The van der Waals surface area contributed by atoms with E-state index < -0.39 is 10.0 Å². The third kappa shape index (κ3) is 8.04. The molecule has 194 valence electrons. The molecular formula is C28H49N3O2S. The lowest BCUT2D eigenvalue weighted by Gasteiger charge is -2.32. The van der Waals surface area contributed by atoms with Crippen molar-refractivity contribution in [3.05, 3.63) is 29.3 Å². The molecule has 6 heteroatoms. The van der Waals surface area contributed by atoms with Crippen molar-refractivity contribution in [3.8, 4) is 0 Å². The standard InChI is InChI=1S/C28H49N3O2S/c1-23(12-8-5-6-9-13-25(3)29-27-14-10-7-11-15-27)26-17-16-24(2)28(22-26)34(32,33)31-20-18-30(4)19-21-31/h16-17,22-23,25,27,29H,5-15,18-21H2,1-4H3. The monoisotopic (exact) mass is 491 g/mol. The SMILES string of the molecule is Cc1ccc(C(C)CCCCCCC(C)NC2CCCCC2)cc1S(=O)(=O)N1CCN(C)CC1. The van der Waals surface area contributed by atoms with Gasteiger partial charge in [-0.3, -0.25) is 0 Å². The first-order chi connectivity index (χ1) is 16.3. The highest BCUT2D eigenvalue weighted by Gasteiger charge is 2.29. The number of hydrogen-bond acceptors (Lipinski definition) is 4.